The summed E-state index contributed by atoms with van der Waals surface area (Å²) in [6, 6.07) is 14.0. The lowest BCUT2D eigenvalue weighted by Crippen LogP contribution is -2.34. The summed E-state index contributed by atoms with van der Waals surface area (Å²) in [7, 11) is 1.61. The number of nitrogens with zero attached hydrogens (tertiary/aromatic N) is 3. The first kappa shape index (κ1) is 18.3. The molecule has 1 N–H and O–H groups in total. The van der Waals surface area contributed by atoms with Gasteiger partial charge in [0.1, 0.15) is 11.8 Å². The van der Waals surface area contributed by atoms with Gasteiger partial charge < -0.3 is 19.5 Å². The zero-order valence-corrected chi connectivity index (χ0v) is 16.0. The molecule has 0 saturated carbocycles. The van der Waals surface area contributed by atoms with Crippen LogP contribution in [-0.2, 0) is 0 Å². The van der Waals surface area contributed by atoms with Crippen molar-refractivity contribution < 1.29 is 14.1 Å². The smallest absolute Gasteiger partial charge is 0.322 e. The maximum atomic E-state index is 12.7. The summed E-state index contributed by atoms with van der Waals surface area (Å²) in [5.74, 6) is 1.62. The van der Waals surface area contributed by atoms with Gasteiger partial charge in [-0.3, -0.25) is 0 Å². The van der Waals surface area contributed by atoms with Crippen LogP contribution in [0.3, 0.4) is 0 Å². The summed E-state index contributed by atoms with van der Waals surface area (Å²) in [6.45, 7) is 0.626. The lowest BCUT2D eigenvalue weighted by molar-refractivity contribution is 0.193. The Morgan fingerprint density at radius 1 is 1.29 bits per heavy atom. The Labute approximate surface area is 167 Å². The number of nitrogens with one attached hydrogen (secondary N) is 1. The number of benzene rings is 2. The van der Waals surface area contributed by atoms with Gasteiger partial charge in [0.15, 0.2) is 0 Å². The van der Waals surface area contributed by atoms with Crippen LogP contribution < -0.4 is 10.1 Å². The first-order valence-corrected chi connectivity index (χ1v) is 9.33. The predicted molar refractivity (Wildman–Crippen MR) is 105 cm³/mol. The van der Waals surface area contributed by atoms with Crippen LogP contribution in [0, 0.1) is 0 Å². The van der Waals surface area contributed by atoms with E-state index in [1.54, 1.807) is 36.3 Å². The predicted octanol–water partition coefficient (Wildman–Crippen LogP) is 4.77. The lowest BCUT2D eigenvalue weighted by Gasteiger charge is -2.22. The third-order valence-electron chi connectivity index (χ3n) is 4.66. The minimum absolute atomic E-state index is 0.203. The van der Waals surface area contributed by atoms with Crippen LogP contribution in [0.4, 0.5) is 10.5 Å². The van der Waals surface area contributed by atoms with Crippen molar-refractivity contribution in [1.29, 1.82) is 0 Å². The quantitative estimate of drug-likeness (QED) is 0.684. The largest absolute Gasteiger partial charge is 0.497 e. The second-order valence-electron chi connectivity index (χ2n) is 6.48. The summed E-state index contributed by atoms with van der Waals surface area (Å²) in [5, 5.41) is 7.58. The molecule has 0 unspecified atom stereocenters. The van der Waals surface area contributed by atoms with Crippen molar-refractivity contribution in [3.63, 3.8) is 0 Å². The van der Waals surface area contributed by atoms with Crippen molar-refractivity contribution in [2.24, 2.45) is 0 Å². The van der Waals surface area contributed by atoms with E-state index in [-0.39, 0.29) is 12.1 Å². The highest BCUT2D eigenvalue weighted by atomic mass is 35.5. The van der Waals surface area contributed by atoms with Crippen molar-refractivity contribution >= 4 is 23.3 Å². The van der Waals surface area contributed by atoms with Crippen molar-refractivity contribution in [1.82, 2.24) is 15.0 Å². The van der Waals surface area contributed by atoms with Crippen molar-refractivity contribution in [3.8, 4) is 17.1 Å². The Morgan fingerprint density at radius 3 is 2.89 bits per heavy atom. The summed E-state index contributed by atoms with van der Waals surface area (Å²) in [4.78, 5) is 19.0. The molecule has 144 valence electrons. The van der Waals surface area contributed by atoms with Gasteiger partial charge in [0.2, 0.25) is 11.7 Å². The first-order valence-electron chi connectivity index (χ1n) is 8.95. The Kier molecular flexibility index (Phi) is 5.16. The van der Waals surface area contributed by atoms with E-state index in [0.717, 1.165) is 18.4 Å². The molecule has 0 spiro atoms. The van der Waals surface area contributed by atoms with E-state index in [2.05, 4.69) is 15.5 Å². The van der Waals surface area contributed by atoms with Gasteiger partial charge >= 0.3 is 6.03 Å². The number of halogens is 1. The number of rotatable bonds is 4. The molecule has 1 aliphatic heterocycles. The van der Waals surface area contributed by atoms with E-state index < -0.39 is 0 Å². The molecule has 28 heavy (non-hydrogen) atoms. The molecule has 0 aliphatic carbocycles. The monoisotopic (exact) mass is 398 g/mol. The number of amides is 2. The van der Waals surface area contributed by atoms with E-state index in [9.17, 15) is 4.79 Å². The van der Waals surface area contributed by atoms with Gasteiger partial charge in [0, 0.05) is 22.8 Å². The lowest BCUT2D eigenvalue weighted by atomic mass is 10.2. The maximum absolute atomic E-state index is 12.7. The van der Waals surface area contributed by atoms with E-state index in [0.29, 0.717) is 34.7 Å². The Hall–Kier alpha value is -3.06. The number of carbonyl (C=O) groups is 1. The summed E-state index contributed by atoms with van der Waals surface area (Å²) < 4.78 is 10.7. The molecular weight excluding hydrogens is 380 g/mol. The molecule has 1 saturated heterocycles. The highest BCUT2D eigenvalue weighted by Crippen LogP contribution is 2.33. The van der Waals surface area contributed by atoms with Gasteiger partial charge in [-0.25, -0.2) is 4.79 Å². The molecule has 1 aromatic heterocycles. The molecule has 3 aromatic rings. The number of hydrogen-bond donors (Lipinski definition) is 1. The SMILES string of the molecule is COc1cccc(-c2noc([C@@H]3CCCN3C(=O)Nc3ccc(Cl)cc3)n2)c1. The molecule has 1 atom stereocenters. The van der Waals surface area contributed by atoms with Crippen molar-refractivity contribution in [3.05, 3.63) is 59.4 Å². The van der Waals surface area contributed by atoms with Gasteiger partial charge in [-0.2, -0.15) is 4.98 Å². The number of aromatic nitrogens is 2. The summed E-state index contributed by atoms with van der Waals surface area (Å²) in [6.07, 6.45) is 1.64. The minimum Gasteiger partial charge on any atom is -0.497 e. The average molecular weight is 399 g/mol. The normalized spacial score (nSPS) is 16.2. The number of urea groups is 1. The molecule has 0 radical (unpaired) electrons. The highest BCUT2D eigenvalue weighted by Gasteiger charge is 2.34. The topological polar surface area (TPSA) is 80.5 Å². The van der Waals surface area contributed by atoms with Gasteiger partial charge in [-0.05, 0) is 49.2 Å². The fourth-order valence-corrected chi connectivity index (χ4v) is 3.37. The van der Waals surface area contributed by atoms with Crippen LogP contribution in [0.1, 0.15) is 24.8 Å². The van der Waals surface area contributed by atoms with Crippen LogP contribution in [0.5, 0.6) is 5.75 Å². The van der Waals surface area contributed by atoms with Crippen LogP contribution in [0.25, 0.3) is 11.4 Å². The zero-order valence-electron chi connectivity index (χ0n) is 15.3. The summed E-state index contributed by atoms with van der Waals surface area (Å²) in [5.41, 5.74) is 1.48. The number of ether oxygens (including phenoxy) is 1. The number of likely N-dealkylation sites (tertiary alicyclic amines) is 1. The Balaban J connectivity index is 1.51. The molecule has 1 fully saturated rings. The molecule has 8 heteroatoms. The highest BCUT2D eigenvalue weighted by molar-refractivity contribution is 6.30. The second-order valence-corrected chi connectivity index (χ2v) is 6.91. The third kappa shape index (κ3) is 3.80. The number of carbonyl (C=O) groups excluding carboxylic acids is 1. The molecular formula is C20H19ClN4O3. The van der Waals surface area contributed by atoms with Gasteiger partial charge in [-0.1, -0.05) is 28.9 Å². The van der Waals surface area contributed by atoms with Crippen molar-refractivity contribution in [2.45, 2.75) is 18.9 Å². The second kappa shape index (κ2) is 7.90. The van der Waals surface area contributed by atoms with Gasteiger partial charge in [0.05, 0.1) is 7.11 Å². The van der Waals surface area contributed by atoms with Crippen molar-refractivity contribution in [2.75, 3.05) is 19.0 Å². The van der Waals surface area contributed by atoms with E-state index >= 15 is 0 Å². The van der Waals surface area contributed by atoms with E-state index in [1.807, 2.05) is 24.3 Å². The molecule has 2 amide bonds. The van der Waals surface area contributed by atoms with Crippen LogP contribution in [0.15, 0.2) is 53.1 Å². The average Bonchev–Trinajstić information content (AvgIpc) is 3.39. The van der Waals surface area contributed by atoms with E-state index in [1.165, 1.54) is 0 Å². The van der Waals surface area contributed by atoms with Crippen LogP contribution in [-0.4, -0.2) is 34.7 Å². The number of methoxy groups -OCH3 is 1. The number of hydrogen-bond acceptors (Lipinski definition) is 5. The Morgan fingerprint density at radius 2 is 2.11 bits per heavy atom. The molecule has 4 rings (SSSR count). The van der Waals surface area contributed by atoms with Crippen LogP contribution in [0.2, 0.25) is 5.02 Å². The molecule has 2 aromatic carbocycles. The van der Waals surface area contributed by atoms with Crippen LogP contribution >= 0.6 is 11.6 Å². The Bertz CT molecular complexity index is 974. The third-order valence-corrected chi connectivity index (χ3v) is 4.92. The maximum Gasteiger partial charge on any atom is 0.322 e. The number of anilines is 1. The first-order chi connectivity index (χ1) is 13.6. The van der Waals surface area contributed by atoms with Gasteiger partial charge in [-0.15, -0.1) is 0 Å². The van der Waals surface area contributed by atoms with E-state index in [4.69, 9.17) is 20.9 Å². The summed E-state index contributed by atoms with van der Waals surface area (Å²) >= 11 is 5.89. The minimum atomic E-state index is -0.251. The fraction of sp³-hybridized carbons (Fsp3) is 0.250. The molecule has 2 heterocycles. The molecule has 0 bridgehead atoms. The zero-order chi connectivity index (χ0) is 19.5. The fourth-order valence-electron chi connectivity index (χ4n) is 3.24. The van der Waals surface area contributed by atoms with Gasteiger partial charge in [0.25, 0.3) is 0 Å². The standard InChI is InChI=1S/C20H19ClN4O3/c1-27-16-5-2-4-13(12-16)18-23-19(28-24-18)17-6-3-11-25(17)20(26)22-15-9-7-14(21)8-10-15/h2,4-5,7-10,12,17H,3,6,11H2,1H3,(H,22,26)/t17-/m0/s1. The molecule has 1 aliphatic rings. The molecule has 7 nitrogen and oxygen atoms in total.